The van der Waals surface area contributed by atoms with Gasteiger partial charge in [0.25, 0.3) is 5.91 Å². The summed E-state index contributed by atoms with van der Waals surface area (Å²) in [5, 5.41) is 3.22. The van der Waals surface area contributed by atoms with Gasteiger partial charge in [0, 0.05) is 54.5 Å². The molecule has 242 valence electrons. The third-order valence-corrected chi connectivity index (χ3v) is 9.36. The molecule has 0 aromatic heterocycles. The summed E-state index contributed by atoms with van der Waals surface area (Å²) in [5.41, 5.74) is 7.57. The fourth-order valence-corrected chi connectivity index (χ4v) is 6.22. The number of amides is 2. The second kappa shape index (κ2) is 14.0. The Morgan fingerprint density at radius 1 is 1.04 bits per heavy atom. The number of fused-ring (bicyclic) bond motifs is 1. The maximum atomic E-state index is 13.7. The normalized spacial score (nSPS) is 18.8. The topological polar surface area (TPSA) is 79.0 Å². The van der Waals surface area contributed by atoms with Gasteiger partial charge in [-0.1, -0.05) is 36.4 Å². The number of carbonyl (C=O) groups excluding carboxylic acids is 3. The zero-order valence-electron chi connectivity index (χ0n) is 27.5. The fraction of sp³-hybridized carbons (Fsp3) is 0.395. The average Bonchev–Trinajstić information content (AvgIpc) is 3.87. The van der Waals surface area contributed by atoms with Crippen LogP contribution in [0.3, 0.4) is 0 Å². The van der Waals surface area contributed by atoms with Crippen molar-refractivity contribution in [3.05, 3.63) is 105 Å². The summed E-state index contributed by atoms with van der Waals surface area (Å²) >= 11 is 0. The standard InChI is InChI=1S/C38H44FN3O4/c1-6-29(23-34(28(5)43)40-26(3)11-10-25(2)36(44)41-18-20-46-21-19-41)32-8-7-9-35(27(32)4)42-17-14-30-22-31(38(24-39)15-16-38)12-13-33(30)37(42)45/h6-13,22-23,40H,14-21,24H2,1-5H3/b25-10+,26-11+,29-6?,34-23+. The maximum Gasteiger partial charge on any atom is 0.258 e. The van der Waals surface area contributed by atoms with Gasteiger partial charge in [0.05, 0.1) is 25.6 Å². The number of allylic oxidation sites excluding steroid dienone is 7. The quantitative estimate of drug-likeness (QED) is 0.245. The monoisotopic (exact) mass is 625 g/mol. The Hall–Kier alpha value is -4.30. The third-order valence-electron chi connectivity index (χ3n) is 9.36. The van der Waals surface area contributed by atoms with Crippen LogP contribution in [0.25, 0.3) is 5.57 Å². The Kier molecular flexibility index (Phi) is 10.1. The molecule has 0 unspecified atom stereocenters. The highest BCUT2D eigenvalue weighted by Crippen LogP contribution is 2.49. The maximum absolute atomic E-state index is 13.7. The first-order valence-corrected chi connectivity index (χ1v) is 16.1. The summed E-state index contributed by atoms with van der Waals surface area (Å²) in [6.45, 7) is 11.5. The third kappa shape index (κ3) is 6.92. The van der Waals surface area contributed by atoms with Crippen LogP contribution in [0.2, 0.25) is 0 Å². The number of halogens is 1. The number of nitrogens with one attached hydrogen (secondary N) is 1. The number of ketones is 1. The Labute approximate surface area is 271 Å². The number of benzene rings is 2. The number of alkyl halides is 1. The predicted octanol–water partition coefficient (Wildman–Crippen LogP) is 6.37. The minimum Gasteiger partial charge on any atom is -0.378 e. The zero-order valence-corrected chi connectivity index (χ0v) is 27.5. The van der Waals surface area contributed by atoms with E-state index in [0.717, 1.165) is 52.1 Å². The number of nitrogens with zero attached hydrogens (tertiary/aromatic N) is 2. The van der Waals surface area contributed by atoms with Crippen LogP contribution in [-0.4, -0.2) is 62.0 Å². The molecule has 2 heterocycles. The van der Waals surface area contributed by atoms with Crippen molar-refractivity contribution in [1.82, 2.24) is 10.2 Å². The van der Waals surface area contributed by atoms with Gasteiger partial charge in [-0.15, -0.1) is 0 Å². The molecule has 8 heteroatoms. The largest absolute Gasteiger partial charge is 0.378 e. The van der Waals surface area contributed by atoms with E-state index in [1.165, 1.54) is 6.92 Å². The lowest BCUT2D eigenvalue weighted by atomic mass is 9.89. The Balaban J connectivity index is 1.35. The van der Waals surface area contributed by atoms with Crippen molar-refractivity contribution < 1.29 is 23.5 Å². The molecule has 2 amide bonds. The average molecular weight is 626 g/mol. The lowest BCUT2D eigenvalue weighted by Gasteiger charge is -2.31. The van der Waals surface area contributed by atoms with E-state index in [0.29, 0.717) is 56.1 Å². The van der Waals surface area contributed by atoms with Gasteiger partial charge in [-0.2, -0.15) is 0 Å². The fourth-order valence-electron chi connectivity index (χ4n) is 6.22. The summed E-state index contributed by atoms with van der Waals surface area (Å²) in [5.74, 6) is -0.211. The molecule has 1 saturated carbocycles. The number of Topliss-reactive ketones (excluding diaryl/α,β-unsaturated/α-hetero) is 1. The van der Waals surface area contributed by atoms with Crippen LogP contribution in [-0.2, 0) is 26.2 Å². The van der Waals surface area contributed by atoms with Gasteiger partial charge in [-0.25, -0.2) is 0 Å². The van der Waals surface area contributed by atoms with E-state index in [1.54, 1.807) is 24.0 Å². The summed E-state index contributed by atoms with van der Waals surface area (Å²) in [6.07, 6.45) is 9.77. The second-order valence-electron chi connectivity index (χ2n) is 12.5. The lowest BCUT2D eigenvalue weighted by Crippen LogP contribution is -2.41. The van der Waals surface area contributed by atoms with Gasteiger partial charge in [-0.3, -0.25) is 18.8 Å². The van der Waals surface area contributed by atoms with E-state index in [1.807, 2.05) is 74.2 Å². The molecule has 5 rings (SSSR count). The number of rotatable bonds is 10. The zero-order chi connectivity index (χ0) is 33.0. The number of ether oxygens (including phenoxy) is 1. The first-order valence-electron chi connectivity index (χ1n) is 16.1. The molecule has 0 atom stereocenters. The molecule has 1 aliphatic carbocycles. The molecule has 2 fully saturated rings. The van der Waals surface area contributed by atoms with Crippen molar-refractivity contribution in [3.8, 4) is 0 Å². The van der Waals surface area contributed by atoms with Gasteiger partial charge in [-0.05, 0) is 99.1 Å². The minimum atomic E-state index is -0.358. The van der Waals surface area contributed by atoms with Crippen LogP contribution in [0.5, 0.6) is 0 Å². The van der Waals surface area contributed by atoms with Gasteiger partial charge in [0.1, 0.15) is 0 Å². The van der Waals surface area contributed by atoms with Crippen LogP contribution < -0.4 is 10.2 Å². The smallest absolute Gasteiger partial charge is 0.258 e. The molecule has 2 aromatic rings. The van der Waals surface area contributed by atoms with Crippen LogP contribution in [0.15, 0.2) is 77.7 Å². The van der Waals surface area contributed by atoms with Gasteiger partial charge in [0.2, 0.25) is 5.91 Å². The SMILES string of the molecule is CC=C(/C=C(/N/C(C)=C/C=C(\C)C(=O)N1CCOCC1)C(C)=O)c1cccc(N2CCc3cc(C4(CF)CC4)ccc3C2=O)c1C. The molecule has 1 saturated heterocycles. The van der Waals surface area contributed by atoms with Crippen molar-refractivity contribution in [2.45, 2.75) is 59.3 Å². The molecule has 0 spiro atoms. The van der Waals surface area contributed by atoms with E-state index in [-0.39, 0.29) is 29.7 Å². The van der Waals surface area contributed by atoms with E-state index < -0.39 is 0 Å². The summed E-state index contributed by atoms with van der Waals surface area (Å²) in [7, 11) is 0. The molecule has 0 bridgehead atoms. The van der Waals surface area contributed by atoms with Crippen molar-refractivity contribution in [2.75, 3.05) is 44.4 Å². The highest BCUT2D eigenvalue weighted by Gasteiger charge is 2.45. The molecule has 1 N–H and O–H groups in total. The lowest BCUT2D eigenvalue weighted by molar-refractivity contribution is -0.131. The van der Waals surface area contributed by atoms with E-state index in [9.17, 15) is 18.8 Å². The van der Waals surface area contributed by atoms with Crippen LogP contribution in [0.4, 0.5) is 10.1 Å². The van der Waals surface area contributed by atoms with Gasteiger partial charge >= 0.3 is 0 Å². The summed E-state index contributed by atoms with van der Waals surface area (Å²) < 4.78 is 19.0. The molecule has 0 radical (unpaired) electrons. The van der Waals surface area contributed by atoms with Gasteiger partial charge < -0.3 is 19.9 Å². The molecule has 2 aromatic carbocycles. The van der Waals surface area contributed by atoms with E-state index in [4.69, 9.17) is 4.74 Å². The molecule has 3 aliphatic rings. The van der Waals surface area contributed by atoms with Crippen LogP contribution in [0, 0.1) is 6.92 Å². The molecular formula is C38H44FN3O4. The first-order chi connectivity index (χ1) is 22.1. The van der Waals surface area contributed by atoms with Crippen LogP contribution in [0.1, 0.15) is 73.1 Å². The number of anilines is 1. The molecule has 46 heavy (non-hydrogen) atoms. The minimum absolute atomic E-state index is 0.0230. The second-order valence-corrected chi connectivity index (χ2v) is 12.5. The number of carbonyl (C=O) groups is 3. The predicted molar refractivity (Wildman–Crippen MR) is 180 cm³/mol. The molecular weight excluding hydrogens is 581 g/mol. The van der Waals surface area contributed by atoms with E-state index in [2.05, 4.69) is 5.32 Å². The first kappa shape index (κ1) is 33.1. The molecule has 7 nitrogen and oxygen atoms in total. The summed E-state index contributed by atoms with van der Waals surface area (Å²) in [4.78, 5) is 42.8. The highest BCUT2D eigenvalue weighted by atomic mass is 19.1. The van der Waals surface area contributed by atoms with Crippen molar-refractivity contribution in [3.63, 3.8) is 0 Å². The Morgan fingerprint density at radius 2 is 1.78 bits per heavy atom. The number of hydrogen-bond donors (Lipinski definition) is 1. The Bertz CT molecular complexity index is 1660. The van der Waals surface area contributed by atoms with Crippen molar-refractivity contribution in [1.29, 1.82) is 0 Å². The number of morpholine rings is 1. The van der Waals surface area contributed by atoms with Crippen molar-refractivity contribution in [2.24, 2.45) is 0 Å². The van der Waals surface area contributed by atoms with Crippen LogP contribution >= 0.6 is 0 Å². The van der Waals surface area contributed by atoms with Crippen molar-refractivity contribution >= 4 is 28.9 Å². The number of hydrogen-bond acceptors (Lipinski definition) is 5. The summed E-state index contributed by atoms with van der Waals surface area (Å²) in [6, 6.07) is 11.7. The highest BCUT2D eigenvalue weighted by molar-refractivity contribution is 6.09. The van der Waals surface area contributed by atoms with Gasteiger partial charge in [0.15, 0.2) is 5.78 Å². The molecule has 2 aliphatic heterocycles. The van der Waals surface area contributed by atoms with E-state index >= 15 is 0 Å². The Morgan fingerprint density at radius 3 is 2.43 bits per heavy atom.